The molecule has 0 N–H and O–H groups in total. The van der Waals surface area contributed by atoms with Crippen molar-refractivity contribution in [3.63, 3.8) is 0 Å². The van der Waals surface area contributed by atoms with E-state index in [0.29, 0.717) is 24.7 Å². The smallest absolute Gasteiger partial charge is 0.236 e. The average molecular weight is 290 g/mol. The second-order valence-corrected chi connectivity index (χ2v) is 6.17. The molecular formula is C17H23FN2O. The van der Waals surface area contributed by atoms with Crippen molar-refractivity contribution < 1.29 is 9.18 Å². The number of hydrogen-bond donors (Lipinski definition) is 0. The molecule has 0 atom stereocenters. The number of halogens is 1. The van der Waals surface area contributed by atoms with E-state index in [1.165, 1.54) is 12.5 Å². The molecule has 4 heteroatoms. The average Bonchev–Trinajstić information content (AvgIpc) is 3.34. The Balaban J connectivity index is 1.62. The molecule has 1 saturated heterocycles. The Kier molecular flexibility index (Phi) is 4.54. The van der Waals surface area contributed by atoms with Gasteiger partial charge < -0.3 is 4.90 Å². The van der Waals surface area contributed by atoms with E-state index in [1.807, 2.05) is 17.0 Å². The molecule has 1 heterocycles. The molecule has 114 valence electrons. The highest BCUT2D eigenvalue weighted by Gasteiger charge is 2.32. The number of likely N-dealkylation sites (tertiary alicyclic amines) is 1. The summed E-state index contributed by atoms with van der Waals surface area (Å²) >= 11 is 0. The first-order valence-electron chi connectivity index (χ1n) is 7.99. The second-order valence-electron chi connectivity index (χ2n) is 6.17. The van der Waals surface area contributed by atoms with Gasteiger partial charge in [0.05, 0.1) is 6.54 Å². The van der Waals surface area contributed by atoms with Gasteiger partial charge in [-0.2, -0.15) is 0 Å². The molecule has 2 fully saturated rings. The summed E-state index contributed by atoms with van der Waals surface area (Å²) in [5, 5.41) is 0. The highest BCUT2D eigenvalue weighted by molar-refractivity contribution is 5.78. The van der Waals surface area contributed by atoms with Crippen molar-refractivity contribution in [3.05, 3.63) is 35.6 Å². The van der Waals surface area contributed by atoms with Crippen molar-refractivity contribution in [2.45, 2.75) is 44.7 Å². The fourth-order valence-corrected chi connectivity index (χ4v) is 3.02. The zero-order chi connectivity index (χ0) is 14.7. The number of rotatable bonds is 5. The molecular weight excluding hydrogens is 267 g/mol. The number of carbonyl (C=O) groups excluding carboxylic acids is 1. The van der Waals surface area contributed by atoms with Gasteiger partial charge in [0.2, 0.25) is 5.91 Å². The summed E-state index contributed by atoms with van der Waals surface area (Å²) in [6.07, 6.45) is 5.71. The molecule has 0 bridgehead atoms. The maximum atomic E-state index is 13.8. The summed E-state index contributed by atoms with van der Waals surface area (Å²) in [5.41, 5.74) is 0.691. The van der Waals surface area contributed by atoms with Crippen LogP contribution in [0.2, 0.25) is 0 Å². The Morgan fingerprint density at radius 3 is 2.57 bits per heavy atom. The largest absolute Gasteiger partial charge is 0.342 e. The van der Waals surface area contributed by atoms with Crippen LogP contribution in [0.15, 0.2) is 24.3 Å². The molecule has 3 rings (SSSR count). The Morgan fingerprint density at radius 1 is 1.19 bits per heavy atom. The van der Waals surface area contributed by atoms with Crippen LogP contribution in [-0.4, -0.2) is 41.4 Å². The van der Waals surface area contributed by atoms with Crippen molar-refractivity contribution in [2.75, 3.05) is 19.6 Å². The molecule has 1 aromatic carbocycles. The van der Waals surface area contributed by atoms with Crippen molar-refractivity contribution in [1.29, 1.82) is 0 Å². The highest BCUT2D eigenvalue weighted by atomic mass is 19.1. The van der Waals surface area contributed by atoms with Crippen LogP contribution < -0.4 is 0 Å². The van der Waals surface area contributed by atoms with Crippen LogP contribution in [0.5, 0.6) is 0 Å². The van der Waals surface area contributed by atoms with Gasteiger partial charge >= 0.3 is 0 Å². The molecule has 0 unspecified atom stereocenters. The molecule has 21 heavy (non-hydrogen) atoms. The van der Waals surface area contributed by atoms with Gasteiger partial charge in [0, 0.05) is 31.2 Å². The minimum Gasteiger partial charge on any atom is -0.342 e. The Hall–Kier alpha value is -1.42. The third kappa shape index (κ3) is 3.82. The van der Waals surface area contributed by atoms with E-state index >= 15 is 0 Å². The quantitative estimate of drug-likeness (QED) is 0.832. The van der Waals surface area contributed by atoms with Gasteiger partial charge in [0.15, 0.2) is 0 Å². The van der Waals surface area contributed by atoms with Gasteiger partial charge in [0.1, 0.15) is 5.82 Å². The predicted molar refractivity (Wildman–Crippen MR) is 80.3 cm³/mol. The number of benzene rings is 1. The van der Waals surface area contributed by atoms with Crippen LogP contribution in [0.4, 0.5) is 4.39 Å². The van der Waals surface area contributed by atoms with E-state index in [-0.39, 0.29) is 11.7 Å². The van der Waals surface area contributed by atoms with Crippen LogP contribution in [0.25, 0.3) is 0 Å². The zero-order valence-electron chi connectivity index (χ0n) is 12.4. The van der Waals surface area contributed by atoms with Crippen molar-refractivity contribution in [3.8, 4) is 0 Å². The standard InChI is InChI=1S/C17H23FN2O/c18-16-7-3-2-6-14(16)12-20(15-8-9-15)13-17(21)19-10-4-1-5-11-19/h2-3,6-7,15H,1,4-5,8-13H2. The molecule has 1 amide bonds. The van der Waals surface area contributed by atoms with E-state index in [2.05, 4.69) is 4.90 Å². The Bertz CT molecular complexity index is 495. The van der Waals surface area contributed by atoms with E-state index < -0.39 is 0 Å². The number of hydrogen-bond acceptors (Lipinski definition) is 2. The topological polar surface area (TPSA) is 23.6 Å². The molecule has 2 aliphatic rings. The molecule has 3 nitrogen and oxygen atoms in total. The van der Waals surface area contributed by atoms with E-state index in [1.54, 1.807) is 6.07 Å². The number of amides is 1. The summed E-state index contributed by atoms with van der Waals surface area (Å²) in [6.45, 7) is 2.74. The normalized spacial score (nSPS) is 19.0. The van der Waals surface area contributed by atoms with Crippen LogP contribution in [-0.2, 0) is 11.3 Å². The van der Waals surface area contributed by atoms with Gasteiger partial charge in [-0.3, -0.25) is 9.69 Å². The summed E-state index contributed by atoms with van der Waals surface area (Å²) in [4.78, 5) is 16.5. The fourth-order valence-electron chi connectivity index (χ4n) is 3.02. The first-order chi connectivity index (χ1) is 10.2. The molecule has 0 aromatic heterocycles. The van der Waals surface area contributed by atoms with E-state index in [4.69, 9.17) is 0 Å². The van der Waals surface area contributed by atoms with Crippen LogP contribution >= 0.6 is 0 Å². The monoisotopic (exact) mass is 290 g/mol. The summed E-state index contributed by atoms with van der Waals surface area (Å²) in [5.74, 6) is 0.0338. The number of nitrogens with zero attached hydrogens (tertiary/aromatic N) is 2. The van der Waals surface area contributed by atoms with E-state index in [9.17, 15) is 9.18 Å². The van der Waals surface area contributed by atoms with Crippen LogP contribution in [0.1, 0.15) is 37.7 Å². The molecule has 0 radical (unpaired) electrons. The Labute approximate surface area is 125 Å². The van der Waals surface area contributed by atoms with Gasteiger partial charge in [0.25, 0.3) is 0 Å². The van der Waals surface area contributed by atoms with Crippen molar-refractivity contribution >= 4 is 5.91 Å². The molecule has 1 saturated carbocycles. The lowest BCUT2D eigenvalue weighted by Gasteiger charge is -2.30. The SMILES string of the molecule is O=C(CN(Cc1ccccc1F)C1CC1)N1CCCCC1. The summed E-state index contributed by atoms with van der Waals surface area (Å²) in [7, 11) is 0. The summed E-state index contributed by atoms with van der Waals surface area (Å²) in [6, 6.07) is 7.33. The first kappa shape index (κ1) is 14.5. The third-order valence-corrected chi connectivity index (χ3v) is 4.44. The van der Waals surface area contributed by atoms with Crippen LogP contribution in [0, 0.1) is 5.82 Å². The fraction of sp³-hybridized carbons (Fsp3) is 0.588. The number of piperidine rings is 1. The molecule has 1 aromatic rings. The minimum atomic E-state index is -0.173. The minimum absolute atomic E-state index is 0.173. The molecule has 1 aliphatic carbocycles. The maximum Gasteiger partial charge on any atom is 0.236 e. The van der Waals surface area contributed by atoms with Crippen molar-refractivity contribution in [1.82, 2.24) is 9.80 Å². The first-order valence-corrected chi connectivity index (χ1v) is 7.99. The summed E-state index contributed by atoms with van der Waals surface area (Å²) < 4.78 is 13.8. The third-order valence-electron chi connectivity index (χ3n) is 4.44. The van der Waals surface area contributed by atoms with E-state index in [0.717, 1.165) is 38.8 Å². The predicted octanol–water partition coefficient (Wildman–Crippen LogP) is 2.80. The maximum absolute atomic E-state index is 13.8. The van der Waals surface area contributed by atoms with Crippen molar-refractivity contribution in [2.24, 2.45) is 0 Å². The van der Waals surface area contributed by atoms with Gasteiger partial charge in [-0.25, -0.2) is 4.39 Å². The van der Waals surface area contributed by atoms with Gasteiger partial charge in [-0.1, -0.05) is 18.2 Å². The molecule has 0 spiro atoms. The highest BCUT2D eigenvalue weighted by Crippen LogP contribution is 2.28. The number of carbonyl (C=O) groups is 1. The lowest BCUT2D eigenvalue weighted by atomic mass is 10.1. The second kappa shape index (κ2) is 6.56. The molecule has 1 aliphatic heterocycles. The lowest BCUT2D eigenvalue weighted by Crippen LogP contribution is -2.43. The van der Waals surface area contributed by atoms with Gasteiger partial charge in [-0.05, 0) is 38.2 Å². The van der Waals surface area contributed by atoms with Gasteiger partial charge in [-0.15, -0.1) is 0 Å². The zero-order valence-corrected chi connectivity index (χ0v) is 12.4. The Morgan fingerprint density at radius 2 is 1.90 bits per heavy atom. The lowest BCUT2D eigenvalue weighted by molar-refractivity contribution is -0.133. The van der Waals surface area contributed by atoms with Crippen LogP contribution in [0.3, 0.4) is 0 Å².